The molecule has 0 radical (unpaired) electrons. The summed E-state index contributed by atoms with van der Waals surface area (Å²) >= 11 is 1.56. The highest BCUT2D eigenvalue weighted by Gasteiger charge is 2.35. The van der Waals surface area contributed by atoms with Gasteiger partial charge in [-0.25, -0.2) is 0 Å². The van der Waals surface area contributed by atoms with Gasteiger partial charge >= 0.3 is 0 Å². The van der Waals surface area contributed by atoms with E-state index in [0.717, 1.165) is 22.9 Å². The van der Waals surface area contributed by atoms with Crippen molar-refractivity contribution in [1.29, 1.82) is 0 Å². The normalized spacial score (nSPS) is 17.6. The molecule has 0 saturated heterocycles. The molecule has 1 aliphatic rings. The van der Waals surface area contributed by atoms with Crippen LogP contribution < -0.4 is 0 Å². The molecular formula is C13H12O2S. The molecule has 1 unspecified atom stereocenters. The molecule has 1 N–H and O–H groups in total. The van der Waals surface area contributed by atoms with Crippen molar-refractivity contribution >= 4 is 27.2 Å². The van der Waals surface area contributed by atoms with Crippen molar-refractivity contribution in [3.8, 4) is 0 Å². The number of hydrogen-bond donors (Lipinski definition) is 1. The molecule has 0 amide bonds. The van der Waals surface area contributed by atoms with Gasteiger partial charge in [-0.15, -0.1) is 11.3 Å². The lowest BCUT2D eigenvalue weighted by Crippen LogP contribution is -2.22. The molecule has 1 aromatic heterocycles. The second-order valence-electron chi connectivity index (χ2n) is 4.29. The molecule has 1 heterocycles. The van der Waals surface area contributed by atoms with Gasteiger partial charge in [0.2, 0.25) is 0 Å². The fraction of sp³-hybridized carbons (Fsp3) is 0.308. The molecule has 0 spiro atoms. The van der Waals surface area contributed by atoms with E-state index >= 15 is 0 Å². The monoisotopic (exact) mass is 232 g/mol. The largest absolute Gasteiger partial charge is 0.385 e. The number of fused-ring (bicyclic) bond motifs is 1. The number of hydrogen-bond acceptors (Lipinski definition) is 3. The first-order chi connectivity index (χ1) is 7.77. The number of carbonyl (C=O) groups excluding carboxylic acids is 1. The third-order valence-corrected chi connectivity index (χ3v) is 4.05. The van der Waals surface area contributed by atoms with Gasteiger partial charge in [0, 0.05) is 10.3 Å². The molecule has 0 aliphatic heterocycles. The van der Waals surface area contributed by atoms with Gasteiger partial charge in [-0.3, -0.25) is 4.79 Å². The molecule has 82 valence electrons. The van der Waals surface area contributed by atoms with Crippen LogP contribution in [0.2, 0.25) is 0 Å². The zero-order valence-electron chi connectivity index (χ0n) is 8.72. The lowest BCUT2D eigenvalue weighted by molar-refractivity contribution is 0.0706. The Morgan fingerprint density at radius 1 is 1.38 bits per heavy atom. The van der Waals surface area contributed by atoms with E-state index in [9.17, 15) is 9.90 Å². The molecule has 1 atom stereocenters. The average molecular weight is 232 g/mol. The van der Waals surface area contributed by atoms with E-state index in [4.69, 9.17) is 0 Å². The van der Waals surface area contributed by atoms with Crippen LogP contribution in [0.1, 0.15) is 23.2 Å². The maximum absolute atomic E-state index is 12.1. The van der Waals surface area contributed by atoms with E-state index < -0.39 is 6.10 Å². The molecule has 3 rings (SSSR count). The number of ketones is 1. The van der Waals surface area contributed by atoms with Crippen molar-refractivity contribution in [1.82, 2.24) is 0 Å². The molecule has 1 aromatic carbocycles. The maximum Gasteiger partial charge on any atom is 0.192 e. The lowest BCUT2D eigenvalue weighted by atomic mass is 10.0. The van der Waals surface area contributed by atoms with Gasteiger partial charge in [0.1, 0.15) is 6.10 Å². The minimum absolute atomic E-state index is 0.115. The Hall–Kier alpha value is -1.19. The standard InChI is InChI=1S/C13H12O2S/c14-11(8-4-5-8)12(15)10-3-1-2-9-6-7-16-13(9)10/h1-3,6-8,11,14H,4-5H2. The Balaban J connectivity index is 2.04. The Bertz CT molecular complexity index is 540. The number of carbonyl (C=O) groups is 1. The predicted molar refractivity (Wildman–Crippen MR) is 64.9 cm³/mol. The SMILES string of the molecule is O=C(c1cccc2ccsc12)C(O)C1CC1. The summed E-state index contributed by atoms with van der Waals surface area (Å²) in [6.45, 7) is 0. The topological polar surface area (TPSA) is 37.3 Å². The lowest BCUT2D eigenvalue weighted by Gasteiger charge is -2.08. The fourth-order valence-corrected chi connectivity index (χ4v) is 2.89. The highest BCUT2D eigenvalue weighted by atomic mass is 32.1. The van der Waals surface area contributed by atoms with E-state index in [2.05, 4.69) is 0 Å². The maximum atomic E-state index is 12.1. The van der Waals surface area contributed by atoms with E-state index in [1.165, 1.54) is 0 Å². The van der Waals surface area contributed by atoms with Crippen LogP contribution in [0.5, 0.6) is 0 Å². The van der Waals surface area contributed by atoms with Gasteiger partial charge in [-0.1, -0.05) is 12.1 Å². The molecular weight excluding hydrogens is 220 g/mol. The first-order valence-corrected chi connectivity index (χ1v) is 6.34. The second kappa shape index (κ2) is 3.68. The summed E-state index contributed by atoms with van der Waals surface area (Å²) in [5, 5.41) is 12.9. The quantitative estimate of drug-likeness (QED) is 0.826. The molecule has 16 heavy (non-hydrogen) atoms. The number of Topliss-reactive ketones (excluding diaryl/α,β-unsaturated/α-hetero) is 1. The van der Waals surface area contributed by atoms with Gasteiger partial charge in [0.25, 0.3) is 0 Å². The molecule has 1 fully saturated rings. The first kappa shape index (κ1) is 10.00. The van der Waals surface area contributed by atoms with Crippen LogP contribution in [-0.4, -0.2) is 17.0 Å². The van der Waals surface area contributed by atoms with Gasteiger partial charge in [-0.05, 0) is 41.7 Å². The van der Waals surface area contributed by atoms with E-state index in [1.54, 1.807) is 11.3 Å². The third kappa shape index (κ3) is 1.56. The van der Waals surface area contributed by atoms with Crippen LogP contribution in [0.15, 0.2) is 29.6 Å². The fourth-order valence-electron chi connectivity index (χ4n) is 1.97. The van der Waals surface area contributed by atoms with Crippen LogP contribution in [0.4, 0.5) is 0 Å². The molecule has 0 bridgehead atoms. The van der Waals surface area contributed by atoms with Gasteiger partial charge in [0.05, 0.1) is 0 Å². The molecule has 2 aromatic rings. The smallest absolute Gasteiger partial charge is 0.192 e. The number of rotatable bonds is 3. The van der Waals surface area contributed by atoms with Crippen molar-refractivity contribution < 1.29 is 9.90 Å². The van der Waals surface area contributed by atoms with Gasteiger partial charge in [0.15, 0.2) is 5.78 Å². The van der Waals surface area contributed by atoms with Crippen LogP contribution in [0, 0.1) is 5.92 Å². The Kier molecular flexibility index (Phi) is 2.30. The highest BCUT2D eigenvalue weighted by molar-refractivity contribution is 7.17. The number of thiophene rings is 1. The van der Waals surface area contributed by atoms with Gasteiger partial charge < -0.3 is 5.11 Å². The van der Waals surface area contributed by atoms with Crippen LogP contribution in [0.3, 0.4) is 0 Å². The summed E-state index contributed by atoms with van der Waals surface area (Å²) in [6, 6.07) is 7.68. The highest BCUT2D eigenvalue weighted by Crippen LogP contribution is 2.35. The Labute approximate surface area is 97.5 Å². The van der Waals surface area contributed by atoms with Crippen LogP contribution >= 0.6 is 11.3 Å². The molecule has 1 saturated carbocycles. The number of benzene rings is 1. The summed E-state index contributed by atoms with van der Waals surface area (Å²) in [4.78, 5) is 12.1. The van der Waals surface area contributed by atoms with E-state index in [0.29, 0.717) is 5.56 Å². The zero-order valence-corrected chi connectivity index (χ0v) is 9.54. The van der Waals surface area contributed by atoms with E-state index in [-0.39, 0.29) is 11.7 Å². The number of aliphatic hydroxyl groups is 1. The van der Waals surface area contributed by atoms with Crippen molar-refractivity contribution in [2.45, 2.75) is 18.9 Å². The van der Waals surface area contributed by atoms with Crippen molar-refractivity contribution in [2.24, 2.45) is 5.92 Å². The molecule has 2 nitrogen and oxygen atoms in total. The minimum Gasteiger partial charge on any atom is -0.385 e. The Morgan fingerprint density at radius 2 is 2.19 bits per heavy atom. The zero-order chi connectivity index (χ0) is 11.1. The minimum atomic E-state index is -0.798. The van der Waals surface area contributed by atoms with E-state index in [1.807, 2.05) is 29.6 Å². The van der Waals surface area contributed by atoms with Crippen LogP contribution in [0.25, 0.3) is 10.1 Å². The summed E-state index contributed by atoms with van der Waals surface area (Å²) in [6.07, 6.45) is 1.16. The summed E-state index contributed by atoms with van der Waals surface area (Å²) in [5.74, 6) is 0.0817. The second-order valence-corrected chi connectivity index (χ2v) is 5.21. The van der Waals surface area contributed by atoms with Crippen molar-refractivity contribution in [2.75, 3.05) is 0 Å². The Morgan fingerprint density at radius 3 is 2.94 bits per heavy atom. The molecule has 1 aliphatic carbocycles. The average Bonchev–Trinajstić information content (AvgIpc) is 3.04. The number of aliphatic hydroxyl groups excluding tert-OH is 1. The van der Waals surface area contributed by atoms with Crippen molar-refractivity contribution in [3.05, 3.63) is 35.2 Å². The summed E-state index contributed by atoms with van der Waals surface area (Å²) in [5.41, 5.74) is 0.673. The first-order valence-electron chi connectivity index (χ1n) is 5.46. The summed E-state index contributed by atoms with van der Waals surface area (Å²) < 4.78 is 0.993. The third-order valence-electron chi connectivity index (χ3n) is 3.08. The van der Waals surface area contributed by atoms with Crippen molar-refractivity contribution in [3.63, 3.8) is 0 Å². The molecule has 3 heteroatoms. The summed E-state index contributed by atoms with van der Waals surface area (Å²) in [7, 11) is 0. The predicted octanol–water partition coefficient (Wildman–Crippen LogP) is 2.85. The van der Waals surface area contributed by atoms with Gasteiger partial charge in [-0.2, -0.15) is 0 Å². The van der Waals surface area contributed by atoms with Crippen LogP contribution in [-0.2, 0) is 0 Å².